The number of unbranched alkanes of at least 4 members (excludes halogenated alkanes) is 1. The Morgan fingerprint density at radius 1 is 1.56 bits per heavy atom. The van der Waals surface area contributed by atoms with Gasteiger partial charge in [-0.15, -0.1) is 0 Å². The van der Waals surface area contributed by atoms with E-state index in [-0.39, 0.29) is 5.75 Å². The third-order valence-corrected chi connectivity index (χ3v) is 3.23. The molecule has 0 amide bonds. The first-order chi connectivity index (χ1) is 7.44. The molecule has 0 aliphatic carbocycles. The second-order valence-corrected chi connectivity index (χ2v) is 5.12. The van der Waals surface area contributed by atoms with Gasteiger partial charge in [-0.25, -0.2) is 17.6 Å². The fourth-order valence-corrected chi connectivity index (χ4v) is 2.06. The predicted molar refractivity (Wildman–Crippen MR) is 59.5 cm³/mol. The van der Waals surface area contributed by atoms with E-state index in [1.54, 1.807) is 6.20 Å². The van der Waals surface area contributed by atoms with E-state index in [4.69, 9.17) is 0 Å². The molecule has 1 aromatic rings. The van der Waals surface area contributed by atoms with Crippen LogP contribution in [0.4, 0.5) is 0 Å². The monoisotopic (exact) mass is 244 g/mol. The van der Waals surface area contributed by atoms with E-state index in [9.17, 15) is 13.0 Å². The average Bonchev–Trinajstić information content (AvgIpc) is 2.53. The SMILES string of the molecule is C=Cn1cc[n+](CCCCS(=O)(=O)[O-])c1C. The maximum absolute atomic E-state index is 10.4. The zero-order valence-electron chi connectivity index (χ0n) is 9.30. The summed E-state index contributed by atoms with van der Waals surface area (Å²) in [7, 11) is -4.07. The van der Waals surface area contributed by atoms with Crippen molar-refractivity contribution in [3.63, 3.8) is 0 Å². The van der Waals surface area contributed by atoms with Crippen LogP contribution in [0.3, 0.4) is 0 Å². The highest BCUT2D eigenvalue weighted by Gasteiger charge is 2.09. The number of hydrogen-bond acceptors (Lipinski definition) is 3. The van der Waals surface area contributed by atoms with Gasteiger partial charge in [0, 0.05) is 12.7 Å². The van der Waals surface area contributed by atoms with Gasteiger partial charge < -0.3 is 4.55 Å². The van der Waals surface area contributed by atoms with Gasteiger partial charge in [-0.2, -0.15) is 0 Å². The van der Waals surface area contributed by atoms with E-state index in [1.165, 1.54) is 0 Å². The van der Waals surface area contributed by atoms with Gasteiger partial charge in [-0.3, -0.25) is 0 Å². The molecule has 1 rings (SSSR count). The molecule has 0 atom stereocenters. The third-order valence-electron chi connectivity index (χ3n) is 2.44. The molecule has 0 aliphatic rings. The molecular formula is C10H16N2O3S. The lowest BCUT2D eigenvalue weighted by Gasteiger charge is -2.05. The second-order valence-electron chi connectivity index (χ2n) is 3.60. The summed E-state index contributed by atoms with van der Waals surface area (Å²) in [6.45, 7) is 6.32. The van der Waals surface area contributed by atoms with Crippen molar-refractivity contribution in [3.05, 3.63) is 24.8 Å². The molecule has 16 heavy (non-hydrogen) atoms. The van der Waals surface area contributed by atoms with E-state index < -0.39 is 10.1 Å². The molecule has 5 nitrogen and oxygen atoms in total. The van der Waals surface area contributed by atoms with Gasteiger partial charge in [-0.05, 0) is 12.8 Å². The molecule has 0 N–H and O–H groups in total. The van der Waals surface area contributed by atoms with Crippen LogP contribution in [0.1, 0.15) is 18.7 Å². The number of nitrogens with zero attached hydrogens (tertiary/aromatic N) is 2. The first-order valence-corrected chi connectivity index (χ1v) is 6.65. The maximum atomic E-state index is 10.4. The first-order valence-electron chi connectivity index (χ1n) is 5.07. The lowest BCUT2D eigenvalue weighted by molar-refractivity contribution is -0.702. The van der Waals surface area contributed by atoms with Crippen LogP contribution >= 0.6 is 0 Å². The topological polar surface area (TPSA) is 66.0 Å². The Morgan fingerprint density at radius 3 is 2.75 bits per heavy atom. The van der Waals surface area contributed by atoms with Gasteiger partial charge in [0.25, 0.3) is 5.82 Å². The van der Waals surface area contributed by atoms with Crippen LogP contribution < -0.4 is 4.57 Å². The highest BCUT2D eigenvalue weighted by Crippen LogP contribution is 1.97. The minimum absolute atomic E-state index is 0.283. The smallest absolute Gasteiger partial charge is 0.257 e. The summed E-state index contributed by atoms with van der Waals surface area (Å²) in [5.74, 6) is 0.745. The van der Waals surface area contributed by atoms with E-state index in [0.717, 1.165) is 5.82 Å². The molecule has 0 radical (unpaired) electrons. The Kier molecular flexibility index (Phi) is 4.26. The highest BCUT2D eigenvalue weighted by molar-refractivity contribution is 7.85. The van der Waals surface area contributed by atoms with Crippen molar-refractivity contribution >= 4 is 16.3 Å². The molecule has 0 fully saturated rings. The average molecular weight is 244 g/mol. The van der Waals surface area contributed by atoms with Crippen LogP contribution in [0.25, 0.3) is 6.20 Å². The van der Waals surface area contributed by atoms with E-state index in [2.05, 4.69) is 6.58 Å². The van der Waals surface area contributed by atoms with E-state index in [0.29, 0.717) is 19.4 Å². The summed E-state index contributed by atoms with van der Waals surface area (Å²) < 4.78 is 35.0. The molecule has 0 saturated heterocycles. The van der Waals surface area contributed by atoms with Crippen LogP contribution in [0.15, 0.2) is 19.0 Å². The quantitative estimate of drug-likeness (QED) is 0.416. The summed E-state index contributed by atoms with van der Waals surface area (Å²) in [4.78, 5) is 0. The summed E-state index contributed by atoms with van der Waals surface area (Å²) >= 11 is 0. The normalized spacial score (nSPS) is 11.6. The van der Waals surface area contributed by atoms with Gasteiger partial charge in [0.2, 0.25) is 0 Å². The summed E-state index contributed by atoms with van der Waals surface area (Å²) in [6.07, 6.45) is 6.56. The van der Waals surface area contributed by atoms with Crippen molar-refractivity contribution in [2.75, 3.05) is 5.75 Å². The van der Waals surface area contributed by atoms with Crippen molar-refractivity contribution in [3.8, 4) is 0 Å². The Balaban J connectivity index is 2.43. The van der Waals surface area contributed by atoms with Gasteiger partial charge in [0.15, 0.2) is 0 Å². The Bertz CT molecular complexity index is 462. The molecule has 1 aromatic heterocycles. The first kappa shape index (κ1) is 12.9. The third kappa shape index (κ3) is 3.79. The zero-order valence-corrected chi connectivity index (χ0v) is 10.1. The summed E-state index contributed by atoms with van der Waals surface area (Å²) in [6, 6.07) is 0. The van der Waals surface area contributed by atoms with Crippen molar-refractivity contribution in [1.82, 2.24) is 4.57 Å². The van der Waals surface area contributed by atoms with Crippen LogP contribution in [0.2, 0.25) is 0 Å². The molecule has 0 aromatic carbocycles. The fourth-order valence-electron chi connectivity index (χ4n) is 1.51. The van der Waals surface area contributed by atoms with Gasteiger partial charge in [0.1, 0.15) is 12.4 Å². The number of aryl methyl sites for hydroxylation is 1. The molecule has 90 valence electrons. The molecule has 0 unspecified atom stereocenters. The molecule has 6 heteroatoms. The second kappa shape index (κ2) is 5.27. The van der Waals surface area contributed by atoms with Crippen molar-refractivity contribution in [2.45, 2.75) is 26.3 Å². The highest BCUT2D eigenvalue weighted by atomic mass is 32.2. The number of hydrogen-bond donors (Lipinski definition) is 0. The Hall–Kier alpha value is -1.14. The van der Waals surface area contributed by atoms with Crippen LogP contribution in [-0.4, -0.2) is 23.3 Å². The fraction of sp³-hybridized carbons (Fsp3) is 0.500. The standard InChI is InChI=1S/C10H16N2O3S/c1-3-11-7-8-12(10(11)2)6-4-5-9-16(13,14)15/h3,7-8H,1,4-6,9H2,2H3. The number of aromatic nitrogens is 2. The van der Waals surface area contributed by atoms with Gasteiger partial charge >= 0.3 is 0 Å². The van der Waals surface area contributed by atoms with Crippen molar-refractivity contribution in [1.29, 1.82) is 0 Å². The van der Waals surface area contributed by atoms with Crippen LogP contribution in [0, 0.1) is 6.92 Å². The van der Waals surface area contributed by atoms with E-state index in [1.807, 2.05) is 28.5 Å². The minimum Gasteiger partial charge on any atom is -0.748 e. The molecule has 0 bridgehead atoms. The summed E-state index contributed by atoms with van der Waals surface area (Å²) in [5, 5.41) is 0. The van der Waals surface area contributed by atoms with Gasteiger partial charge in [0.05, 0.1) is 22.9 Å². The Morgan fingerprint density at radius 2 is 2.25 bits per heavy atom. The Labute approximate surface area is 95.8 Å². The lowest BCUT2D eigenvalue weighted by atomic mass is 10.3. The number of rotatable bonds is 6. The zero-order chi connectivity index (χ0) is 12.2. The summed E-state index contributed by atoms with van der Waals surface area (Å²) in [5.41, 5.74) is 0. The lowest BCUT2D eigenvalue weighted by Crippen LogP contribution is -2.35. The van der Waals surface area contributed by atoms with Crippen molar-refractivity contribution in [2.24, 2.45) is 0 Å². The predicted octanol–water partition coefficient (Wildman–Crippen LogP) is 0.510. The van der Waals surface area contributed by atoms with Gasteiger partial charge in [-0.1, -0.05) is 6.58 Å². The van der Waals surface area contributed by atoms with Crippen LogP contribution in [-0.2, 0) is 16.7 Å². The van der Waals surface area contributed by atoms with Crippen molar-refractivity contribution < 1.29 is 17.5 Å². The van der Waals surface area contributed by atoms with E-state index >= 15 is 0 Å². The molecule has 0 spiro atoms. The molecule has 0 aliphatic heterocycles. The molecular weight excluding hydrogens is 228 g/mol. The molecule has 0 saturated carbocycles. The number of imidazole rings is 1. The maximum Gasteiger partial charge on any atom is 0.257 e. The largest absolute Gasteiger partial charge is 0.748 e. The minimum atomic E-state index is -4.07. The molecule has 1 heterocycles. The van der Waals surface area contributed by atoms with Crippen LogP contribution in [0.5, 0.6) is 0 Å².